The van der Waals surface area contributed by atoms with Gasteiger partial charge in [-0.05, 0) is 56.5 Å². The molecule has 148 valence electrons. The summed E-state index contributed by atoms with van der Waals surface area (Å²) in [6, 6.07) is 14.2. The Bertz CT molecular complexity index is 1020. The summed E-state index contributed by atoms with van der Waals surface area (Å²) in [6.07, 6.45) is 1.82. The number of amides is 2. The Morgan fingerprint density at radius 3 is 2.38 bits per heavy atom. The minimum atomic E-state index is -0.595. The van der Waals surface area contributed by atoms with Crippen LogP contribution in [0.5, 0.6) is 0 Å². The average molecular weight is 388 g/mol. The first-order valence-corrected chi connectivity index (χ1v) is 10.3. The molecule has 3 heterocycles. The van der Waals surface area contributed by atoms with Gasteiger partial charge in [0.2, 0.25) is 11.8 Å². The molecular weight excluding hydrogens is 364 g/mol. The highest BCUT2D eigenvalue weighted by Crippen LogP contribution is 2.48. The number of carbonyl (C=O) groups is 3. The van der Waals surface area contributed by atoms with E-state index < -0.39 is 17.9 Å². The number of aryl methyl sites for hydroxylation is 2. The van der Waals surface area contributed by atoms with Crippen molar-refractivity contribution in [3.8, 4) is 0 Å². The van der Waals surface area contributed by atoms with Gasteiger partial charge in [0, 0.05) is 11.6 Å². The second-order valence-electron chi connectivity index (χ2n) is 8.45. The van der Waals surface area contributed by atoms with E-state index in [1.807, 2.05) is 50.2 Å². The van der Waals surface area contributed by atoms with E-state index in [0.717, 1.165) is 30.5 Å². The van der Waals surface area contributed by atoms with Gasteiger partial charge in [-0.15, -0.1) is 0 Å². The molecule has 2 amide bonds. The molecule has 0 unspecified atom stereocenters. The lowest BCUT2D eigenvalue weighted by molar-refractivity contribution is -0.123. The molecule has 5 rings (SSSR count). The van der Waals surface area contributed by atoms with Crippen molar-refractivity contribution in [2.45, 2.75) is 38.8 Å². The highest BCUT2D eigenvalue weighted by Gasteiger charge is 2.64. The van der Waals surface area contributed by atoms with Gasteiger partial charge in [0.05, 0.1) is 23.6 Å². The number of hydrogen-bond donors (Lipinski definition) is 0. The second kappa shape index (κ2) is 6.63. The number of ketones is 1. The second-order valence-corrected chi connectivity index (χ2v) is 8.45. The number of benzene rings is 2. The summed E-state index contributed by atoms with van der Waals surface area (Å²) in [5.74, 6) is -1.45. The zero-order chi connectivity index (χ0) is 20.3. The Kier molecular flexibility index (Phi) is 4.17. The monoisotopic (exact) mass is 388 g/mol. The third-order valence-corrected chi connectivity index (χ3v) is 6.93. The summed E-state index contributed by atoms with van der Waals surface area (Å²) in [4.78, 5) is 43.8. The van der Waals surface area contributed by atoms with Crippen LogP contribution in [0.3, 0.4) is 0 Å². The van der Waals surface area contributed by atoms with E-state index in [-0.39, 0.29) is 23.6 Å². The third-order valence-electron chi connectivity index (χ3n) is 6.93. The summed E-state index contributed by atoms with van der Waals surface area (Å²) in [5, 5.41) is 0. The molecule has 2 aromatic rings. The number of carbonyl (C=O) groups excluding carboxylic acids is 3. The molecule has 5 heteroatoms. The molecule has 0 aromatic heterocycles. The van der Waals surface area contributed by atoms with Crippen molar-refractivity contribution in [2.75, 3.05) is 11.4 Å². The number of nitrogens with zero attached hydrogens (tertiary/aromatic N) is 2. The van der Waals surface area contributed by atoms with Crippen LogP contribution in [0.1, 0.15) is 34.3 Å². The molecule has 5 nitrogen and oxygen atoms in total. The molecule has 0 bridgehead atoms. The molecule has 0 radical (unpaired) electrons. The highest BCUT2D eigenvalue weighted by molar-refractivity contribution is 6.24. The Morgan fingerprint density at radius 2 is 1.66 bits per heavy atom. The summed E-state index contributed by atoms with van der Waals surface area (Å²) in [5.41, 5.74) is 3.38. The first-order valence-electron chi connectivity index (χ1n) is 10.3. The van der Waals surface area contributed by atoms with E-state index in [2.05, 4.69) is 4.90 Å². The van der Waals surface area contributed by atoms with Crippen LogP contribution in [0.2, 0.25) is 0 Å². The van der Waals surface area contributed by atoms with Crippen LogP contribution in [0.25, 0.3) is 0 Å². The molecule has 3 fully saturated rings. The Hall–Kier alpha value is -2.79. The van der Waals surface area contributed by atoms with Gasteiger partial charge in [0.1, 0.15) is 0 Å². The molecule has 2 aromatic carbocycles. The van der Waals surface area contributed by atoms with E-state index in [9.17, 15) is 14.4 Å². The molecule has 0 aliphatic carbocycles. The fourth-order valence-corrected chi connectivity index (χ4v) is 5.41. The predicted octanol–water partition coefficient (Wildman–Crippen LogP) is 3.14. The molecule has 3 aliphatic heterocycles. The van der Waals surface area contributed by atoms with E-state index in [1.54, 1.807) is 12.1 Å². The molecule has 0 saturated carbocycles. The van der Waals surface area contributed by atoms with Gasteiger partial charge < -0.3 is 0 Å². The van der Waals surface area contributed by atoms with Crippen LogP contribution in [0.15, 0.2) is 48.5 Å². The van der Waals surface area contributed by atoms with E-state index in [0.29, 0.717) is 11.3 Å². The fraction of sp³-hybridized carbons (Fsp3) is 0.375. The van der Waals surface area contributed by atoms with Crippen LogP contribution in [0, 0.1) is 25.7 Å². The fourth-order valence-electron chi connectivity index (χ4n) is 5.41. The lowest BCUT2D eigenvalue weighted by Crippen LogP contribution is -2.46. The van der Waals surface area contributed by atoms with Gasteiger partial charge in [-0.3, -0.25) is 19.3 Å². The maximum absolute atomic E-state index is 13.5. The third kappa shape index (κ3) is 2.60. The average Bonchev–Trinajstić information content (AvgIpc) is 3.37. The number of imide groups is 1. The molecule has 0 N–H and O–H groups in total. The van der Waals surface area contributed by atoms with E-state index in [1.165, 1.54) is 4.90 Å². The lowest BCUT2D eigenvalue weighted by Gasteiger charge is -2.27. The van der Waals surface area contributed by atoms with Crippen LogP contribution in [-0.2, 0) is 9.59 Å². The zero-order valence-corrected chi connectivity index (χ0v) is 16.7. The lowest BCUT2D eigenvalue weighted by atomic mass is 9.85. The Balaban J connectivity index is 1.56. The molecular formula is C24H24N2O3. The topological polar surface area (TPSA) is 57.7 Å². The van der Waals surface area contributed by atoms with Crippen LogP contribution in [-0.4, -0.2) is 41.1 Å². The highest BCUT2D eigenvalue weighted by atomic mass is 16.2. The van der Waals surface area contributed by atoms with Crippen molar-refractivity contribution in [1.29, 1.82) is 0 Å². The molecule has 29 heavy (non-hydrogen) atoms. The van der Waals surface area contributed by atoms with Gasteiger partial charge in [-0.1, -0.05) is 36.4 Å². The van der Waals surface area contributed by atoms with Crippen molar-refractivity contribution in [3.63, 3.8) is 0 Å². The predicted molar refractivity (Wildman–Crippen MR) is 110 cm³/mol. The normalized spacial score (nSPS) is 28.7. The molecule has 3 saturated heterocycles. The molecule has 3 aliphatic rings. The number of rotatable bonds is 3. The van der Waals surface area contributed by atoms with Gasteiger partial charge in [-0.25, -0.2) is 4.90 Å². The molecule has 0 spiro atoms. The number of hydrogen-bond acceptors (Lipinski definition) is 4. The maximum atomic E-state index is 13.5. The van der Waals surface area contributed by atoms with Gasteiger partial charge in [-0.2, -0.15) is 0 Å². The van der Waals surface area contributed by atoms with Crippen molar-refractivity contribution in [1.82, 2.24) is 4.90 Å². The van der Waals surface area contributed by atoms with Crippen molar-refractivity contribution >= 4 is 23.3 Å². The maximum Gasteiger partial charge on any atom is 0.239 e. The van der Waals surface area contributed by atoms with Gasteiger partial charge in [0.25, 0.3) is 0 Å². The first kappa shape index (κ1) is 18.3. The molecule has 4 atom stereocenters. The van der Waals surface area contributed by atoms with Crippen molar-refractivity contribution < 1.29 is 14.4 Å². The Labute approximate surface area is 170 Å². The smallest absolute Gasteiger partial charge is 0.239 e. The zero-order valence-electron chi connectivity index (χ0n) is 16.7. The quantitative estimate of drug-likeness (QED) is 0.599. The number of anilines is 1. The van der Waals surface area contributed by atoms with Crippen molar-refractivity contribution in [3.05, 3.63) is 65.2 Å². The largest absolute Gasteiger partial charge is 0.292 e. The minimum absolute atomic E-state index is 0.0225. The number of Topliss-reactive ketones (excluding diaryl/α,β-unsaturated/α-hetero) is 1. The van der Waals surface area contributed by atoms with Crippen LogP contribution >= 0.6 is 0 Å². The number of fused-ring (bicyclic) bond motifs is 3. The Morgan fingerprint density at radius 1 is 0.931 bits per heavy atom. The van der Waals surface area contributed by atoms with Crippen LogP contribution in [0.4, 0.5) is 5.69 Å². The summed E-state index contributed by atoms with van der Waals surface area (Å²) in [6.45, 7) is 4.75. The van der Waals surface area contributed by atoms with Gasteiger partial charge >= 0.3 is 0 Å². The van der Waals surface area contributed by atoms with Crippen LogP contribution < -0.4 is 4.90 Å². The SMILES string of the molecule is Cc1ccc(N2C(=O)[C@@H]3[C@@H](C2=O)[C@H](C(=O)c2ccccc2)N2CCC[C@H]32)cc1C. The summed E-state index contributed by atoms with van der Waals surface area (Å²) >= 11 is 0. The summed E-state index contributed by atoms with van der Waals surface area (Å²) < 4.78 is 0. The van der Waals surface area contributed by atoms with E-state index >= 15 is 0 Å². The van der Waals surface area contributed by atoms with Crippen molar-refractivity contribution in [2.24, 2.45) is 11.8 Å². The minimum Gasteiger partial charge on any atom is -0.292 e. The summed E-state index contributed by atoms with van der Waals surface area (Å²) in [7, 11) is 0. The first-order chi connectivity index (χ1) is 14.0. The van der Waals surface area contributed by atoms with E-state index in [4.69, 9.17) is 0 Å². The van der Waals surface area contributed by atoms with Gasteiger partial charge in [0.15, 0.2) is 5.78 Å². The standard InChI is InChI=1S/C24H24N2O3/c1-14-10-11-17(13-15(14)2)26-23(28)19-18-9-6-12-25(18)21(20(19)24(26)29)22(27)16-7-4-3-5-8-16/h3-5,7-8,10-11,13,18-21H,6,9,12H2,1-2H3/t18-,19+,20-,21-/m1/s1.